The molecule has 0 spiro atoms. The topological polar surface area (TPSA) is 67.4 Å². The molecule has 0 aliphatic rings. The van der Waals surface area contributed by atoms with E-state index in [4.69, 9.17) is 4.74 Å². The highest BCUT2D eigenvalue weighted by Crippen LogP contribution is 2.23. The lowest BCUT2D eigenvalue weighted by atomic mass is 10.1. The molecule has 2 rings (SSSR count). The van der Waals surface area contributed by atoms with Crippen LogP contribution in [0.4, 0.5) is 0 Å². The zero-order chi connectivity index (χ0) is 16.7. The second-order valence-corrected chi connectivity index (χ2v) is 5.08. The summed E-state index contributed by atoms with van der Waals surface area (Å²) < 4.78 is 5.28. The number of para-hydroxylation sites is 1. The Balaban J connectivity index is 1.88. The lowest BCUT2D eigenvalue weighted by Gasteiger charge is -2.17. The van der Waals surface area contributed by atoms with Crippen LogP contribution in [0.15, 0.2) is 54.6 Å². The highest BCUT2D eigenvalue weighted by atomic mass is 16.5. The SMILES string of the molecule is COc1ccccc1C(C)NC(=O)CNC(=O)c1ccccc1. The number of carbonyl (C=O) groups excluding carboxylic acids is 2. The smallest absolute Gasteiger partial charge is 0.251 e. The molecule has 0 bridgehead atoms. The maximum Gasteiger partial charge on any atom is 0.251 e. The fourth-order valence-corrected chi connectivity index (χ4v) is 2.25. The molecule has 23 heavy (non-hydrogen) atoms. The molecule has 0 fully saturated rings. The van der Waals surface area contributed by atoms with Gasteiger partial charge < -0.3 is 15.4 Å². The minimum absolute atomic E-state index is 0.0762. The molecule has 2 amide bonds. The summed E-state index contributed by atoms with van der Waals surface area (Å²) in [6, 6.07) is 16.1. The van der Waals surface area contributed by atoms with Crippen LogP contribution in [0.3, 0.4) is 0 Å². The molecule has 2 N–H and O–H groups in total. The first-order valence-electron chi connectivity index (χ1n) is 7.37. The highest BCUT2D eigenvalue weighted by molar-refractivity contribution is 5.96. The summed E-state index contributed by atoms with van der Waals surface area (Å²) in [5, 5.41) is 5.45. The Hall–Kier alpha value is -2.82. The van der Waals surface area contributed by atoms with Gasteiger partial charge in [-0.15, -0.1) is 0 Å². The van der Waals surface area contributed by atoms with E-state index in [1.165, 1.54) is 0 Å². The predicted molar refractivity (Wildman–Crippen MR) is 88.3 cm³/mol. The number of benzene rings is 2. The third-order valence-electron chi connectivity index (χ3n) is 3.43. The van der Waals surface area contributed by atoms with Crippen molar-refractivity contribution >= 4 is 11.8 Å². The third kappa shape index (κ3) is 4.57. The Morgan fingerprint density at radius 2 is 1.70 bits per heavy atom. The van der Waals surface area contributed by atoms with Crippen molar-refractivity contribution < 1.29 is 14.3 Å². The maximum absolute atomic E-state index is 12.0. The van der Waals surface area contributed by atoms with E-state index in [1.807, 2.05) is 37.3 Å². The van der Waals surface area contributed by atoms with Gasteiger partial charge in [0.1, 0.15) is 5.75 Å². The van der Waals surface area contributed by atoms with Gasteiger partial charge in [-0.3, -0.25) is 9.59 Å². The van der Waals surface area contributed by atoms with E-state index in [0.29, 0.717) is 11.3 Å². The van der Waals surface area contributed by atoms with Gasteiger partial charge in [0.05, 0.1) is 19.7 Å². The van der Waals surface area contributed by atoms with Crippen LogP contribution in [0.1, 0.15) is 28.9 Å². The van der Waals surface area contributed by atoms with E-state index in [-0.39, 0.29) is 24.4 Å². The summed E-state index contributed by atoms with van der Waals surface area (Å²) in [6.45, 7) is 1.79. The number of rotatable bonds is 6. The Kier molecular flexibility index (Phi) is 5.74. The minimum atomic E-state index is -0.273. The second-order valence-electron chi connectivity index (χ2n) is 5.08. The standard InChI is InChI=1S/C18H20N2O3/c1-13(15-10-6-7-11-16(15)23-2)20-17(21)12-19-18(22)14-8-4-3-5-9-14/h3-11,13H,12H2,1-2H3,(H,19,22)(H,20,21). The first kappa shape index (κ1) is 16.5. The summed E-state index contributed by atoms with van der Waals surface area (Å²) >= 11 is 0. The van der Waals surface area contributed by atoms with Gasteiger partial charge in [-0.25, -0.2) is 0 Å². The number of methoxy groups -OCH3 is 1. The zero-order valence-corrected chi connectivity index (χ0v) is 13.2. The average Bonchev–Trinajstić information content (AvgIpc) is 2.60. The molecule has 120 valence electrons. The van der Waals surface area contributed by atoms with Crippen molar-refractivity contribution in [2.45, 2.75) is 13.0 Å². The van der Waals surface area contributed by atoms with Crippen LogP contribution < -0.4 is 15.4 Å². The van der Waals surface area contributed by atoms with Gasteiger partial charge in [0, 0.05) is 11.1 Å². The van der Waals surface area contributed by atoms with Crippen LogP contribution in [-0.2, 0) is 4.79 Å². The quantitative estimate of drug-likeness (QED) is 0.860. The zero-order valence-electron chi connectivity index (χ0n) is 13.2. The Labute approximate surface area is 135 Å². The van der Waals surface area contributed by atoms with Gasteiger partial charge in [-0.1, -0.05) is 36.4 Å². The second kappa shape index (κ2) is 7.98. The molecule has 1 unspecified atom stereocenters. The van der Waals surface area contributed by atoms with E-state index < -0.39 is 0 Å². The van der Waals surface area contributed by atoms with Crippen LogP contribution in [0.25, 0.3) is 0 Å². The summed E-state index contributed by atoms with van der Waals surface area (Å²) in [6.07, 6.45) is 0. The lowest BCUT2D eigenvalue weighted by Crippen LogP contribution is -2.38. The van der Waals surface area contributed by atoms with Gasteiger partial charge in [0.25, 0.3) is 5.91 Å². The molecule has 0 radical (unpaired) electrons. The number of amides is 2. The summed E-state index contributed by atoms with van der Waals surface area (Å²) in [5.41, 5.74) is 1.41. The molecule has 0 aromatic heterocycles. The average molecular weight is 312 g/mol. The summed E-state index contributed by atoms with van der Waals surface area (Å²) in [5.74, 6) is 0.187. The van der Waals surface area contributed by atoms with Crippen molar-refractivity contribution in [3.63, 3.8) is 0 Å². The monoisotopic (exact) mass is 312 g/mol. The number of hydrogen-bond donors (Lipinski definition) is 2. The van der Waals surface area contributed by atoms with Gasteiger partial charge >= 0.3 is 0 Å². The van der Waals surface area contributed by atoms with E-state index in [9.17, 15) is 9.59 Å². The van der Waals surface area contributed by atoms with Gasteiger partial charge in [-0.05, 0) is 25.1 Å². The van der Waals surface area contributed by atoms with Crippen molar-refractivity contribution in [1.29, 1.82) is 0 Å². The van der Waals surface area contributed by atoms with Crippen LogP contribution in [0, 0.1) is 0 Å². The van der Waals surface area contributed by atoms with Gasteiger partial charge in [0.2, 0.25) is 5.91 Å². The Morgan fingerprint density at radius 1 is 1.04 bits per heavy atom. The van der Waals surface area contributed by atoms with Crippen molar-refractivity contribution in [1.82, 2.24) is 10.6 Å². The van der Waals surface area contributed by atoms with Crippen molar-refractivity contribution in [3.8, 4) is 5.75 Å². The van der Waals surface area contributed by atoms with Crippen molar-refractivity contribution in [2.24, 2.45) is 0 Å². The van der Waals surface area contributed by atoms with E-state index in [2.05, 4.69) is 10.6 Å². The van der Waals surface area contributed by atoms with Crippen molar-refractivity contribution in [3.05, 3.63) is 65.7 Å². The first-order chi connectivity index (χ1) is 11.1. The number of carbonyl (C=O) groups is 2. The van der Waals surface area contributed by atoms with E-state index in [1.54, 1.807) is 31.4 Å². The third-order valence-corrected chi connectivity index (χ3v) is 3.43. The molecule has 2 aromatic rings. The number of hydrogen-bond acceptors (Lipinski definition) is 3. The van der Waals surface area contributed by atoms with E-state index >= 15 is 0 Å². The summed E-state index contributed by atoms with van der Waals surface area (Å²) in [7, 11) is 1.59. The van der Waals surface area contributed by atoms with Crippen LogP contribution in [-0.4, -0.2) is 25.5 Å². The molecule has 0 heterocycles. The highest BCUT2D eigenvalue weighted by Gasteiger charge is 2.14. The Bertz CT molecular complexity index is 671. The molecule has 2 aromatic carbocycles. The normalized spacial score (nSPS) is 11.4. The molecule has 0 saturated heterocycles. The van der Waals surface area contributed by atoms with Gasteiger partial charge in [-0.2, -0.15) is 0 Å². The Morgan fingerprint density at radius 3 is 2.39 bits per heavy atom. The molecule has 5 nitrogen and oxygen atoms in total. The fourth-order valence-electron chi connectivity index (χ4n) is 2.25. The van der Waals surface area contributed by atoms with Crippen LogP contribution in [0.2, 0.25) is 0 Å². The number of nitrogens with one attached hydrogen (secondary N) is 2. The largest absolute Gasteiger partial charge is 0.496 e. The molecule has 5 heteroatoms. The van der Waals surface area contributed by atoms with Crippen LogP contribution >= 0.6 is 0 Å². The first-order valence-corrected chi connectivity index (χ1v) is 7.37. The molecule has 0 aliphatic heterocycles. The molecule has 0 aliphatic carbocycles. The lowest BCUT2D eigenvalue weighted by molar-refractivity contribution is -0.120. The van der Waals surface area contributed by atoms with E-state index in [0.717, 1.165) is 5.56 Å². The minimum Gasteiger partial charge on any atom is -0.496 e. The van der Waals surface area contributed by atoms with Gasteiger partial charge in [0.15, 0.2) is 0 Å². The molecular weight excluding hydrogens is 292 g/mol. The number of ether oxygens (including phenoxy) is 1. The fraction of sp³-hybridized carbons (Fsp3) is 0.222. The summed E-state index contributed by atoms with van der Waals surface area (Å²) in [4.78, 5) is 23.9. The molecule has 0 saturated carbocycles. The van der Waals surface area contributed by atoms with Crippen molar-refractivity contribution in [2.75, 3.05) is 13.7 Å². The predicted octanol–water partition coefficient (Wildman–Crippen LogP) is 2.30. The van der Waals surface area contributed by atoms with Crippen LogP contribution in [0.5, 0.6) is 5.75 Å². The molecular formula is C18H20N2O3. The maximum atomic E-state index is 12.0. The molecule has 1 atom stereocenters.